The highest BCUT2D eigenvalue weighted by molar-refractivity contribution is 5.98. The third-order valence-corrected chi connectivity index (χ3v) is 3.83. The van der Waals surface area contributed by atoms with E-state index in [1.165, 1.54) is 0 Å². The van der Waals surface area contributed by atoms with E-state index in [0.29, 0.717) is 12.0 Å². The fourth-order valence-corrected chi connectivity index (χ4v) is 2.80. The summed E-state index contributed by atoms with van der Waals surface area (Å²) in [5.74, 6) is 0.793. The molecular weight excluding hydrogens is 262 g/mol. The number of hydrogen-bond acceptors (Lipinski definition) is 3. The molecule has 0 saturated carbocycles. The average molecular weight is 291 g/mol. The van der Waals surface area contributed by atoms with Crippen molar-refractivity contribution >= 4 is 5.84 Å². The van der Waals surface area contributed by atoms with Gasteiger partial charge in [0.15, 0.2) is 5.84 Å². The van der Waals surface area contributed by atoms with Gasteiger partial charge in [0.05, 0.1) is 0 Å². The lowest BCUT2D eigenvalue weighted by Gasteiger charge is -2.32. The van der Waals surface area contributed by atoms with Gasteiger partial charge in [0, 0.05) is 24.7 Å². The summed E-state index contributed by atoms with van der Waals surface area (Å²) in [7, 11) is 0. The lowest BCUT2D eigenvalue weighted by molar-refractivity contribution is 0.157. The van der Waals surface area contributed by atoms with Crippen LogP contribution < -0.4 is 5.73 Å². The molecule has 0 aliphatic rings. The topological polar surface area (TPSA) is 61.8 Å². The monoisotopic (exact) mass is 291 g/mol. The van der Waals surface area contributed by atoms with Crippen LogP contribution in [-0.2, 0) is 6.54 Å². The Labute approximate surface area is 128 Å². The SMILES string of the molecule is CCC(CC)N(Cc1ccccc1C(N)=NO)CC(C)C. The minimum atomic E-state index is 0.180. The summed E-state index contributed by atoms with van der Waals surface area (Å²) < 4.78 is 0. The predicted molar refractivity (Wildman–Crippen MR) is 88.6 cm³/mol. The Morgan fingerprint density at radius 2 is 1.86 bits per heavy atom. The van der Waals surface area contributed by atoms with Crippen molar-refractivity contribution in [2.45, 2.75) is 53.1 Å². The minimum absolute atomic E-state index is 0.180. The lowest BCUT2D eigenvalue weighted by Crippen LogP contribution is -2.37. The zero-order valence-corrected chi connectivity index (χ0v) is 13.7. The number of rotatable bonds is 8. The largest absolute Gasteiger partial charge is 0.409 e. The summed E-state index contributed by atoms with van der Waals surface area (Å²) in [6.07, 6.45) is 2.27. The molecule has 118 valence electrons. The van der Waals surface area contributed by atoms with Crippen LogP contribution >= 0.6 is 0 Å². The van der Waals surface area contributed by atoms with Crippen molar-refractivity contribution in [3.05, 3.63) is 35.4 Å². The second kappa shape index (κ2) is 8.67. The number of benzene rings is 1. The molecule has 0 saturated heterocycles. The maximum Gasteiger partial charge on any atom is 0.170 e. The standard InChI is InChI=1S/C17H29N3O/c1-5-15(6-2)20(11-13(3)4)12-14-9-7-8-10-16(14)17(18)19-21/h7-10,13,15,21H,5-6,11-12H2,1-4H3,(H2,18,19). The van der Waals surface area contributed by atoms with Gasteiger partial charge in [0.1, 0.15) is 0 Å². The molecule has 0 radical (unpaired) electrons. The first-order valence-electron chi connectivity index (χ1n) is 7.83. The first kappa shape index (κ1) is 17.5. The summed E-state index contributed by atoms with van der Waals surface area (Å²) >= 11 is 0. The summed E-state index contributed by atoms with van der Waals surface area (Å²) in [6, 6.07) is 8.45. The van der Waals surface area contributed by atoms with Gasteiger partial charge in [0.2, 0.25) is 0 Å². The van der Waals surface area contributed by atoms with Gasteiger partial charge in [-0.15, -0.1) is 0 Å². The highest BCUT2D eigenvalue weighted by Gasteiger charge is 2.18. The van der Waals surface area contributed by atoms with E-state index >= 15 is 0 Å². The van der Waals surface area contributed by atoms with Crippen molar-refractivity contribution in [2.24, 2.45) is 16.8 Å². The molecule has 0 unspecified atom stereocenters. The maximum absolute atomic E-state index is 8.94. The molecule has 1 aromatic rings. The molecule has 0 atom stereocenters. The molecular formula is C17H29N3O. The summed E-state index contributed by atoms with van der Waals surface area (Å²) in [5.41, 5.74) is 7.73. The maximum atomic E-state index is 8.94. The molecule has 1 aromatic carbocycles. The normalized spacial score (nSPS) is 12.6. The number of nitrogens with two attached hydrogens (primary N) is 1. The van der Waals surface area contributed by atoms with Crippen LogP contribution in [0.25, 0.3) is 0 Å². The molecule has 4 nitrogen and oxygen atoms in total. The molecule has 0 aromatic heterocycles. The molecule has 0 amide bonds. The van der Waals surface area contributed by atoms with Crippen molar-refractivity contribution in [2.75, 3.05) is 6.54 Å². The molecule has 1 rings (SSSR count). The molecule has 0 heterocycles. The summed E-state index contributed by atoms with van der Waals surface area (Å²) in [5, 5.41) is 12.1. The molecule has 0 spiro atoms. The van der Waals surface area contributed by atoms with Gasteiger partial charge >= 0.3 is 0 Å². The number of hydrogen-bond donors (Lipinski definition) is 2. The second-order valence-corrected chi connectivity index (χ2v) is 5.94. The van der Waals surface area contributed by atoms with Gasteiger partial charge in [0.25, 0.3) is 0 Å². The van der Waals surface area contributed by atoms with E-state index in [4.69, 9.17) is 10.9 Å². The van der Waals surface area contributed by atoms with E-state index in [0.717, 1.165) is 37.1 Å². The van der Waals surface area contributed by atoms with Crippen molar-refractivity contribution < 1.29 is 5.21 Å². The minimum Gasteiger partial charge on any atom is -0.409 e. The lowest BCUT2D eigenvalue weighted by atomic mass is 10.0. The zero-order chi connectivity index (χ0) is 15.8. The molecule has 3 N–H and O–H groups in total. The van der Waals surface area contributed by atoms with E-state index in [1.807, 2.05) is 18.2 Å². The number of amidine groups is 1. The van der Waals surface area contributed by atoms with Crippen LogP contribution in [0.2, 0.25) is 0 Å². The average Bonchev–Trinajstić information content (AvgIpc) is 2.47. The van der Waals surface area contributed by atoms with Gasteiger partial charge in [-0.25, -0.2) is 0 Å². The molecule has 0 aliphatic heterocycles. The third-order valence-electron chi connectivity index (χ3n) is 3.83. The van der Waals surface area contributed by atoms with Crippen molar-refractivity contribution in [1.82, 2.24) is 4.90 Å². The van der Waals surface area contributed by atoms with Crippen LogP contribution in [0.3, 0.4) is 0 Å². The van der Waals surface area contributed by atoms with E-state index in [9.17, 15) is 0 Å². The third kappa shape index (κ3) is 5.05. The molecule has 4 heteroatoms. The van der Waals surface area contributed by atoms with Gasteiger partial charge in [-0.05, 0) is 24.3 Å². The number of oxime groups is 1. The Hall–Kier alpha value is -1.55. The predicted octanol–water partition coefficient (Wildman–Crippen LogP) is 3.43. The Kier molecular flexibility index (Phi) is 7.23. The Balaban J connectivity index is 3.03. The van der Waals surface area contributed by atoms with Gasteiger partial charge in [-0.2, -0.15) is 0 Å². The van der Waals surface area contributed by atoms with E-state index in [1.54, 1.807) is 0 Å². The van der Waals surface area contributed by atoms with Gasteiger partial charge < -0.3 is 10.9 Å². The Morgan fingerprint density at radius 1 is 1.24 bits per heavy atom. The van der Waals surface area contributed by atoms with Crippen molar-refractivity contribution in [3.63, 3.8) is 0 Å². The molecule has 21 heavy (non-hydrogen) atoms. The van der Waals surface area contributed by atoms with Crippen molar-refractivity contribution in [3.8, 4) is 0 Å². The van der Waals surface area contributed by atoms with Crippen LogP contribution in [-0.4, -0.2) is 28.5 Å². The summed E-state index contributed by atoms with van der Waals surface area (Å²) in [6.45, 7) is 10.8. The smallest absolute Gasteiger partial charge is 0.170 e. The van der Waals surface area contributed by atoms with Crippen LogP contribution in [0.5, 0.6) is 0 Å². The first-order chi connectivity index (χ1) is 10.0. The van der Waals surface area contributed by atoms with E-state index < -0.39 is 0 Å². The van der Waals surface area contributed by atoms with Gasteiger partial charge in [-0.3, -0.25) is 4.90 Å². The van der Waals surface area contributed by atoms with Crippen LogP contribution in [0.4, 0.5) is 0 Å². The Morgan fingerprint density at radius 3 is 2.38 bits per heavy atom. The molecule has 0 aliphatic carbocycles. The molecule has 0 fully saturated rings. The number of nitrogens with zero attached hydrogens (tertiary/aromatic N) is 2. The van der Waals surface area contributed by atoms with Crippen LogP contribution in [0, 0.1) is 5.92 Å². The summed E-state index contributed by atoms with van der Waals surface area (Å²) in [4.78, 5) is 2.51. The van der Waals surface area contributed by atoms with E-state index in [2.05, 4.69) is 43.8 Å². The van der Waals surface area contributed by atoms with Gasteiger partial charge in [-0.1, -0.05) is 57.1 Å². The second-order valence-electron chi connectivity index (χ2n) is 5.94. The quantitative estimate of drug-likeness (QED) is 0.334. The fraction of sp³-hybridized carbons (Fsp3) is 0.588. The highest BCUT2D eigenvalue weighted by Crippen LogP contribution is 2.18. The van der Waals surface area contributed by atoms with Crippen molar-refractivity contribution in [1.29, 1.82) is 0 Å². The highest BCUT2D eigenvalue weighted by atomic mass is 16.4. The first-order valence-corrected chi connectivity index (χ1v) is 7.83. The van der Waals surface area contributed by atoms with Crippen LogP contribution in [0.1, 0.15) is 51.7 Å². The zero-order valence-electron chi connectivity index (χ0n) is 13.7. The van der Waals surface area contributed by atoms with Crippen LogP contribution in [0.15, 0.2) is 29.4 Å². The fourth-order valence-electron chi connectivity index (χ4n) is 2.80. The van der Waals surface area contributed by atoms with E-state index in [-0.39, 0.29) is 5.84 Å². The Bertz CT molecular complexity index is 453. The molecule has 0 bridgehead atoms.